The summed E-state index contributed by atoms with van der Waals surface area (Å²) in [5, 5.41) is 0. The Labute approximate surface area is 110 Å². The van der Waals surface area contributed by atoms with Crippen molar-refractivity contribution in [3.05, 3.63) is 11.6 Å². The molecule has 0 aromatic heterocycles. The van der Waals surface area contributed by atoms with Crippen molar-refractivity contribution in [3.8, 4) is 0 Å². The van der Waals surface area contributed by atoms with E-state index in [1.54, 1.807) is 0 Å². The van der Waals surface area contributed by atoms with Crippen molar-refractivity contribution in [2.24, 2.45) is 16.7 Å². The van der Waals surface area contributed by atoms with E-state index in [2.05, 4.69) is 20.8 Å². The van der Waals surface area contributed by atoms with Crippen LogP contribution in [-0.2, 0) is 9.53 Å². The quantitative estimate of drug-likeness (QED) is 0.656. The summed E-state index contributed by atoms with van der Waals surface area (Å²) in [7, 11) is 0. The molecule has 0 aromatic rings. The van der Waals surface area contributed by atoms with E-state index in [0.29, 0.717) is 5.92 Å². The number of carbonyl (C=O) groups is 1. The first-order valence-electron chi connectivity index (χ1n) is 7.22. The van der Waals surface area contributed by atoms with E-state index >= 15 is 0 Å². The number of allylic oxidation sites excluding steroid dienone is 1. The zero-order chi connectivity index (χ0) is 13.2. The molecule has 2 aliphatic carbocycles. The second-order valence-electron chi connectivity index (χ2n) is 7.37. The van der Waals surface area contributed by atoms with Gasteiger partial charge in [-0.3, -0.25) is 4.79 Å². The molecule has 1 saturated carbocycles. The van der Waals surface area contributed by atoms with Crippen molar-refractivity contribution >= 4 is 5.78 Å². The fraction of sp³-hybridized carbons (Fsp3) is 0.812. The van der Waals surface area contributed by atoms with E-state index in [1.165, 1.54) is 24.8 Å². The molecule has 3 rings (SSSR count). The normalized spacial score (nSPS) is 46.3. The van der Waals surface area contributed by atoms with E-state index in [9.17, 15) is 4.79 Å². The monoisotopic (exact) mass is 248 g/mol. The number of ether oxygens (including phenoxy) is 1. The molecule has 18 heavy (non-hydrogen) atoms. The van der Waals surface area contributed by atoms with E-state index in [-0.39, 0.29) is 16.6 Å². The number of hydrogen-bond acceptors (Lipinski definition) is 2. The molecule has 0 bridgehead atoms. The molecular formula is C16H24O2. The summed E-state index contributed by atoms with van der Waals surface area (Å²) in [5.41, 5.74) is 1.18. The topological polar surface area (TPSA) is 26.3 Å². The minimum Gasteiger partial charge on any atom is -0.367 e. The molecule has 100 valence electrons. The predicted octanol–water partition coefficient (Wildman–Crippen LogP) is 3.51. The minimum atomic E-state index is -0.550. The van der Waals surface area contributed by atoms with Crippen LogP contribution in [0.25, 0.3) is 0 Å². The maximum atomic E-state index is 12.5. The van der Waals surface area contributed by atoms with Crippen LogP contribution in [0, 0.1) is 16.7 Å². The van der Waals surface area contributed by atoms with Gasteiger partial charge in [0.15, 0.2) is 5.78 Å². The standard InChI is InChI=1S/C16H24O2/c1-14(2)7-5-8-15(3)11-6-9-18-16(11,4)13(17)10-12(14)15/h10-11H,5-9H2,1-4H3/t11?,15-,16+/m0/s1. The lowest BCUT2D eigenvalue weighted by atomic mass is 9.50. The van der Waals surface area contributed by atoms with Crippen LogP contribution in [0.3, 0.4) is 0 Å². The largest absolute Gasteiger partial charge is 0.367 e. The molecule has 0 radical (unpaired) electrons. The lowest BCUT2D eigenvalue weighted by Crippen LogP contribution is -2.54. The Kier molecular flexibility index (Phi) is 2.39. The van der Waals surface area contributed by atoms with Crippen molar-refractivity contribution in [2.45, 2.75) is 59.0 Å². The molecule has 1 saturated heterocycles. The highest BCUT2D eigenvalue weighted by Crippen LogP contribution is 2.61. The van der Waals surface area contributed by atoms with Crippen LogP contribution in [-0.4, -0.2) is 18.0 Å². The highest BCUT2D eigenvalue weighted by Gasteiger charge is 2.60. The Balaban J connectivity index is 2.16. The lowest BCUT2D eigenvalue weighted by molar-refractivity contribution is -0.142. The summed E-state index contributed by atoms with van der Waals surface area (Å²) in [6.45, 7) is 9.70. The molecular weight excluding hydrogens is 224 g/mol. The Morgan fingerprint density at radius 2 is 1.94 bits per heavy atom. The number of carbonyl (C=O) groups excluding carboxylic acids is 1. The summed E-state index contributed by atoms with van der Waals surface area (Å²) in [6.07, 6.45) is 6.64. The van der Waals surface area contributed by atoms with Crippen LogP contribution in [0.2, 0.25) is 0 Å². The highest BCUT2D eigenvalue weighted by molar-refractivity contribution is 5.99. The average molecular weight is 248 g/mol. The zero-order valence-electron chi connectivity index (χ0n) is 12.0. The van der Waals surface area contributed by atoms with Crippen molar-refractivity contribution in [1.29, 1.82) is 0 Å². The van der Waals surface area contributed by atoms with Gasteiger partial charge in [0.05, 0.1) is 0 Å². The molecule has 1 unspecified atom stereocenters. The van der Waals surface area contributed by atoms with E-state index in [1.807, 2.05) is 13.0 Å². The Hall–Kier alpha value is -0.630. The van der Waals surface area contributed by atoms with Gasteiger partial charge in [-0.15, -0.1) is 0 Å². The molecule has 0 aromatic carbocycles. The first kappa shape index (κ1) is 12.4. The third kappa shape index (κ3) is 1.36. The summed E-state index contributed by atoms with van der Waals surface area (Å²) in [4.78, 5) is 12.5. The third-order valence-electron chi connectivity index (χ3n) is 5.85. The number of hydrogen-bond donors (Lipinski definition) is 0. The van der Waals surface area contributed by atoms with E-state index in [0.717, 1.165) is 13.0 Å². The van der Waals surface area contributed by atoms with Gasteiger partial charge in [0.1, 0.15) is 5.60 Å². The molecule has 0 N–H and O–H groups in total. The SMILES string of the molecule is CC1(C)CCC[C@]2(C)C1=CC(=O)[C@]1(C)OCCC12. The van der Waals surface area contributed by atoms with Gasteiger partial charge in [-0.2, -0.15) is 0 Å². The van der Waals surface area contributed by atoms with Crippen LogP contribution >= 0.6 is 0 Å². The third-order valence-corrected chi connectivity index (χ3v) is 5.85. The van der Waals surface area contributed by atoms with Gasteiger partial charge in [0.2, 0.25) is 0 Å². The fourth-order valence-electron chi connectivity index (χ4n) is 4.87. The van der Waals surface area contributed by atoms with Gasteiger partial charge in [0.25, 0.3) is 0 Å². The predicted molar refractivity (Wildman–Crippen MR) is 71.3 cm³/mol. The van der Waals surface area contributed by atoms with Crippen LogP contribution in [0.1, 0.15) is 53.4 Å². The molecule has 2 nitrogen and oxygen atoms in total. The number of ketones is 1. The van der Waals surface area contributed by atoms with Gasteiger partial charge in [0, 0.05) is 12.5 Å². The smallest absolute Gasteiger partial charge is 0.187 e. The van der Waals surface area contributed by atoms with Gasteiger partial charge in [-0.1, -0.05) is 32.8 Å². The van der Waals surface area contributed by atoms with Gasteiger partial charge < -0.3 is 4.74 Å². The zero-order valence-corrected chi connectivity index (χ0v) is 12.0. The molecule has 1 aliphatic heterocycles. The van der Waals surface area contributed by atoms with Crippen LogP contribution < -0.4 is 0 Å². The Morgan fingerprint density at radius 1 is 1.22 bits per heavy atom. The molecule has 2 fully saturated rings. The van der Waals surface area contributed by atoms with E-state index in [4.69, 9.17) is 4.74 Å². The van der Waals surface area contributed by atoms with Gasteiger partial charge in [-0.25, -0.2) is 0 Å². The number of rotatable bonds is 0. The lowest BCUT2D eigenvalue weighted by Gasteiger charge is -2.54. The fourth-order valence-corrected chi connectivity index (χ4v) is 4.87. The van der Waals surface area contributed by atoms with Gasteiger partial charge in [-0.05, 0) is 43.1 Å². The summed E-state index contributed by atoms with van der Waals surface area (Å²) >= 11 is 0. The molecule has 0 amide bonds. The highest BCUT2D eigenvalue weighted by atomic mass is 16.5. The van der Waals surface area contributed by atoms with Crippen LogP contribution in [0.15, 0.2) is 11.6 Å². The summed E-state index contributed by atoms with van der Waals surface area (Å²) in [6, 6.07) is 0. The van der Waals surface area contributed by atoms with Crippen molar-refractivity contribution in [3.63, 3.8) is 0 Å². The van der Waals surface area contributed by atoms with E-state index < -0.39 is 5.60 Å². The molecule has 2 heteroatoms. The van der Waals surface area contributed by atoms with Crippen molar-refractivity contribution in [1.82, 2.24) is 0 Å². The maximum Gasteiger partial charge on any atom is 0.187 e. The second kappa shape index (κ2) is 3.47. The second-order valence-corrected chi connectivity index (χ2v) is 7.37. The first-order valence-corrected chi connectivity index (χ1v) is 7.22. The molecule has 3 atom stereocenters. The maximum absolute atomic E-state index is 12.5. The molecule has 0 spiro atoms. The molecule has 3 aliphatic rings. The summed E-state index contributed by atoms with van der Waals surface area (Å²) < 4.78 is 5.84. The Bertz CT molecular complexity index is 434. The van der Waals surface area contributed by atoms with Crippen molar-refractivity contribution < 1.29 is 9.53 Å². The first-order chi connectivity index (χ1) is 8.31. The van der Waals surface area contributed by atoms with Crippen molar-refractivity contribution in [2.75, 3.05) is 6.61 Å². The van der Waals surface area contributed by atoms with Crippen LogP contribution in [0.5, 0.6) is 0 Å². The van der Waals surface area contributed by atoms with Crippen LogP contribution in [0.4, 0.5) is 0 Å². The van der Waals surface area contributed by atoms with Gasteiger partial charge >= 0.3 is 0 Å². The summed E-state index contributed by atoms with van der Waals surface area (Å²) in [5.74, 6) is 0.574. The number of fused-ring (bicyclic) bond motifs is 3. The Morgan fingerprint density at radius 3 is 2.67 bits per heavy atom. The molecule has 1 heterocycles. The minimum absolute atomic E-state index is 0.168. The average Bonchev–Trinajstić information content (AvgIpc) is 2.67.